The van der Waals surface area contributed by atoms with Crippen LogP contribution in [0, 0.1) is 0 Å². The molecule has 0 fully saturated rings. The number of nitrogens with one attached hydrogen (secondary N) is 1. The van der Waals surface area contributed by atoms with E-state index in [1.165, 1.54) is 109 Å². The van der Waals surface area contributed by atoms with Crippen molar-refractivity contribution in [3.63, 3.8) is 0 Å². The van der Waals surface area contributed by atoms with Crippen molar-refractivity contribution >= 4 is 5.91 Å². The Kier molecular flexibility index (Phi) is 19.4. The van der Waals surface area contributed by atoms with Crippen LogP contribution in [0.25, 0.3) is 0 Å². The van der Waals surface area contributed by atoms with Gasteiger partial charge in [0.2, 0.25) is 5.91 Å². The Morgan fingerprint density at radius 2 is 1.04 bits per heavy atom. The van der Waals surface area contributed by atoms with Gasteiger partial charge in [-0.05, 0) is 20.3 Å². The van der Waals surface area contributed by atoms with Gasteiger partial charge in [0, 0.05) is 11.6 Å². The van der Waals surface area contributed by atoms with Gasteiger partial charge in [0.1, 0.15) is 0 Å². The van der Waals surface area contributed by atoms with Crippen LogP contribution < -0.4 is 5.32 Å². The molecule has 0 radical (unpaired) electrons. The molecule has 0 saturated heterocycles. The molecule has 0 saturated carbocycles. The van der Waals surface area contributed by atoms with Crippen LogP contribution in [-0.2, 0) is 4.79 Å². The van der Waals surface area contributed by atoms with Crippen LogP contribution in [0.3, 0.4) is 0 Å². The summed E-state index contributed by atoms with van der Waals surface area (Å²) in [5.74, 6) is -0.00512. The SMILES string of the molecule is C=C(C)C(=O)NC(C)CCCCCCCCCCCCCCCCCCC. The fourth-order valence-corrected chi connectivity index (χ4v) is 3.59. The third-order valence-electron chi connectivity index (χ3n) is 5.51. The molecular weight excluding hydrogens is 330 g/mol. The van der Waals surface area contributed by atoms with Crippen molar-refractivity contribution in [2.24, 2.45) is 0 Å². The molecule has 1 unspecified atom stereocenters. The molecule has 1 atom stereocenters. The Morgan fingerprint density at radius 1 is 0.704 bits per heavy atom. The fraction of sp³-hybridized carbons (Fsp3) is 0.880. The van der Waals surface area contributed by atoms with Crippen LogP contribution in [0.15, 0.2) is 12.2 Å². The Labute approximate surface area is 171 Å². The van der Waals surface area contributed by atoms with Crippen molar-refractivity contribution in [1.29, 1.82) is 0 Å². The maximum absolute atomic E-state index is 11.5. The molecule has 0 aliphatic carbocycles. The summed E-state index contributed by atoms with van der Waals surface area (Å²) >= 11 is 0. The smallest absolute Gasteiger partial charge is 0.246 e. The summed E-state index contributed by atoms with van der Waals surface area (Å²) in [4.78, 5) is 11.5. The number of unbranched alkanes of at least 4 members (excludes halogenated alkanes) is 16. The second-order valence-corrected chi connectivity index (χ2v) is 8.60. The first-order valence-corrected chi connectivity index (χ1v) is 12.0. The molecule has 1 N–H and O–H groups in total. The summed E-state index contributed by atoms with van der Waals surface area (Å²) in [5.41, 5.74) is 0.601. The topological polar surface area (TPSA) is 29.1 Å². The van der Waals surface area contributed by atoms with E-state index in [2.05, 4.69) is 25.7 Å². The predicted molar refractivity (Wildman–Crippen MR) is 121 cm³/mol. The van der Waals surface area contributed by atoms with E-state index in [-0.39, 0.29) is 11.9 Å². The molecule has 0 bridgehead atoms. The van der Waals surface area contributed by atoms with Gasteiger partial charge in [0.05, 0.1) is 0 Å². The second kappa shape index (κ2) is 20.0. The van der Waals surface area contributed by atoms with Crippen molar-refractivity contribution in [2.75, 3.05) is 0 Å². The Bertz CT molecular complexity index is 350. The number of carbonyl (C=O) groups is 1. The number of hydrogen-bond donors (Lipinski definition) is 1. The molecule has 0 rings (SSSR count). The molecule has 0 aromatic heterocycles. The predicted octanol–water partition coefficient (Wildman–Crippen LogP) is 8.11. The molecule has 0 spiro atoms. The van der Waals surface area contributed by atoms with Gasteiger partial charge in [0.15, 0.2) is 0 Å². The minimum atomic E-state index is -0.00512. The van der Waals surface area contributed by atoms with E-state index >= 15 is 0 Å². The quantitative estimate of drug-likeness (QED) is 0.168. The Morgan fingerprint density at radius 3 is 1.37 bits per heavy atom. The van der Waals surface area contributed by atoms with Crippen LogP contribution in [0.2, 0.25) is 0 Å². The molecular formula is C25H49NO. The van der Waals surface area contributed by atoms with Gasteiger partial charge in [-0.2, -0.15) is 0 Å². The van der Waals surface area contributed by atoms with Crippen molar-refractivity contribution in [3.05, 3.63) is 12.2 Å². The lowest BCUT2D eigenvalue weighted by Crippen LogP contribution is -2.32. The summed E-state index contributed by atoms with van der Waals surface area (Å²) in [6.07, 6.45) is 25.0. The average Bonchev–Trinajstić information content (AvgIpc) is 2.64. The third kappa shape index (κ3) is 19.8. The first-order valence-electron chi connectivity index (χ1n) is 12.0. The normalized spacial score (nSPS) is 12.1. The van der Waals surface area contributed by atoms with E-state index in [0.717, 1.165) is 6.42 Å². The van der Waals surface area contributed by atoms with Crippen LogP contribution in [0.4, 0.5) is 0 Å². The highest BCUT2D eigenvalue weighted by Crippen LogP contribution is 2.14. The Hall–Kier alpha value is -0.790. The van der Waals surface area contributed by atoms with Gasteiger partial charge >= 0.3 is 0 Å². The molecule has 0 aromatic carbocycles. The van der Waals surface area contributed by atoms with Crippen LogP contribution in [0.5, 0.6) is 0 Å². The molecule has 2 heteroatoms. The lowest BCUT2D eigenvalue weighted by Gasteiger charge is -2.13. The zero-order valence-electron chi connectivity index (χ0n) is 18.9. The van der Waals surface area contributed by atoms with E-state index in [1.54, 1.807) is 6.92 Å². The molecule has 27 heavy (non-hydrogen) atoms. The molecule has 0 heterocycles. The maximum Gasteiger partial charge on any atom is 0.246 e. The van der Waals surface area contributed by atoms with Gasteiger partial charge in [0.25, 0.3) is 0 Å². The van der Waals surface area contributed by atoms with E-state index in [1.807, 2.05) is 0 Å². The van der Waals surface area contributed by atoms with Crippen molar-refractivity contribution in [2.45, 2.75) is 142 Å². The van der Waals surface area contributed by atoms with E-state index in [0.29, 0.717) is 5.57 Å². The first kappa shape index (κ1) is 26.2. The lowest BCUT2D eigenvalue weighted by molar-refractivity contribution is -0.118. The number of rotatable bonds is 20. The first-order chi connectivity index (χ1) is 13.1. The van der Waals surface area contributed by atoms with Crippen LogP contribution in [0.1, 0.15) is 136 Å². The van der Waals surface area contributed by atoms with E-state index < -0.39 is 0 Å². The van der Waals surface area contributed by atoms with Crippen LogP contribution >= 0.6 is 0 Å². The Balaban J connectivity index is 3.17. The minimum absolute atomic E-state index is 0.00512. The second-order valence-electron chi connectivity index (χ2n) is 8.60. The highest BCUT2D eigenvalue weighted by molar-refractivity contribution is 5.92. The highest BCUT2D eigenvalue weighted by Gasteiger charge is 2.06. The van der Waals surface area contributed by atoms with Gasteiger partial charge in [-0.25, -0.2) is 0 Å². The molecule has 2 nitrogen and oxygen atoms in total. The summed E-state index contributed by atoms with van der Waals surface area (Å²) in [5, 5.41) is 3.00. The summed E-state index contributed by atoms with van der Waals surface area (Å²) in [6.45, 7) is 9.82. The summed E-state index contributed by atoms with van der Waals surface area (Å²) in [6, 6.07) is 0.269. The molecule has 0 aromatic rings. The molecule has 1 amide bonds. The van der Waals surface area contributed by atoms with Gasteiger partial charge in [-0.3, -0.25) is 4.79 Å². The van der Waals surface area contributed by atoms with Gasteiger partial charge in [-0.1, -0.05) is 123 Å². The van der Waals surface area contributed by atoms with Gasteiger partial charge in [-0.15, -0.1) is 0 Å². The largest absolute Gasteiger partial charge is 0.350 e. The van der Waals surface area contributed by atoms with Crippen LogP contribution in [-0.4, -0.2) is 11.9 Å². The standard InChI is InChI=1S/C25H49NO/c1-5-6-7-8-9-10-11-12-13-14-15-16-17-18-19-20-21-22-24(4)26-25(27)23(2)3/h24H,2,5-22H2,1,3-4H3,(H,26,27). The van der Waals surface area contributed by atoms with Crippen molar-refractivity contribution in [3.8, 4) is 0 Å². The molecule has 160 valence electrons. The fourth-order valence-electron chi connectivity index (χ4n) is 3.59. The zero-order valence-corrected chi connectivity index (χ0v) is 18.9. The highest BCUT2D eigenvalue weighted by atomic mass is 16.1. The average molecular weight is 380 g/mol. The number of carbonyl (C=O) groups excluding carboxylic acids is 1. The molecule has 0 aliphatic heterocycles. The van der Waals surface area contributed by atoms with Crippen molar-refractivity contribution in [1.82, 2.24) is 5.32 Å². The number of hydrogen-bond acceptors (Lipinski definition) is 1. The molecule has 0 aliphatic rings. The monoisotopic (exact) mass is 379 g/mol. The van der Waals surface area contributed by atoms with E-state index in [9.17, 15) is 4.79 Å². The lowest BCUT2D eigenvalue weighted by atomic mass is 10.0. The maximum atomic E-state index is 11.5. The minimum Gasteiger partial charge on any atom is -0.350 e. The number of amides is 1. The third-order valence-corrected chi connectivity index (χ3v) is 5.51. The summed E-state index contributed by atoms with van der Waals surface area (Å²) in [7, 11) is 0. The summed E-state index contributed by atoms with van der Waals surface area (Å²) < 4.78 is 0. The zero-order chi connectivity index (χ0) is 20.2. The van der Waals surface area contributed by atoms with E-state index in [4.69, 9.17) is 0 Å². The van der Waals surface area contributed by atoms with Gasteiger partial charge < -0.3 is 5.32 Å². The van der Waals surface area contributed by atoms with Crippen molar-refractivity contribution < 1.29 is 4.79 Å².